The molecule has 1 heterocycles. The fourth-order valence-corrected chi connectivity index (χ4v) is 4.56. The largest absolute Gasteiger partial charge is 0.304 e. The Morgan fingerprint density at radius 2 is 1.75 bits per heavy atom. The van der Waals surface area contributed by atoms with Crippen molar-refractivity contribution in [1.29, 1.82) is 0 Å². The molecule has 2 atom stereocenters. The lowest BCUT2D eigenvalue weighted by atomic mass is 9.86. The molecule has 0 bridgehead atoms. The highest BCUT2D eigenvalue weighted by atomic mass is 32.2. The van der Waals surface area contributed by atoms with E-state index in [1.54, 1.807) is 0 Å². The van der Waals surface area contributed by atoms with Crippen LogP contribution in [-0.2, 0) is 14.8 Å². The topological polar surface area (TPSA) is 57.7 Å². The summed E-state index contributed by atoms with van der Waals surface area (Å²) in [5, 5.41) is 0. The van der Waals surface area contributed by atoms with Gasteiger partial charge in [-0.25, -0.2) is 12.7 Å². The number of nitrogens with zero attached hydrogens (tertiary/aromatic N) is 2. The molecule has 0 amide bonds. The van der Waals surface area contributed by atoms with Gasteiger partial charge in [0, 0.05) is 25.4 Å². The summed E-state index contributed by atoms with van der Waals surface area (Å²) in [6.07, 6.45) is 6.90. The molecule has 1 aliphatic heterocycles. The number of carbonyl (C=O) groups is 1. The lowest BCUT2D eigenvalue weighted by molar-refractivity contribution is -0.123. The van der Waals surface area contributed by atoms with Crippen molar-refractivity contribution in [2.45, 2.75) is 59.3 Å². The van der Waals surface area contributed by atoms with Crippen LogP contribution in [0.2, 0.25) is 0 Å². The summed E-state index contributed by atoms with van der Waals surface area (Å²) in [7, 11) is -3.19. The van der Waals surface area contributed by atoms with Crippen LogP contribution in [0.3, 0.4) is 0 Å². The van der Waals surface area contributed by atoms with Gasteiger partial charge in [0.1, 0.15) is 5.78 Å². The van der Waals surface area contributed by atoms with Gasteiger partial charge in [-0.15, -0.1) is 0 Å². The van der Waals surface area contributed by atoms with Crippen LogP contribution >= 0.6 is 0 Å². The van der Waals surface area contributed by atoms with Crippen molar-refractivity contribution in [3.05, 3.63) is 0 Å². The Labute approximate surface area is 148 Å². The minimum absolute atomic E-state index is 0.0949. The quantitative estimate of drug-likeness (QED) is 0.502. The van der Waals surface area contributed by atoms with E-state index in [2.05, 4.69) is 25.7 Å². The number of rotatable bonds is 12. The van der Waals surface area contributed by atoms with Gasteiger partial charge in [0.15, 0.2) is 0 Å². The zero-order chi connectivity index (χ0) is 18.2. The van der Waals surface area contributed by atoms with Crippen LogP contribution in [0.5, 0.6) is 0 Å². The zero-order valence-corrected chi connectivity index (χ0v) is 16.8. The fourth-order valence-electron chi connectivity index (χ4n) is 3.67. The van der Waals surface area contributed by atoms with Crippen molar-refractivity contribution >= 4 is 15.8 Å². The predicted octanol–water partition coefficient (Wildman–Crippen LogP) is 2.77. The van der Waals surface area contributed by atoms with E-state index >= 15 is 0 Å². The van der Waals surface area contributed by atoms with Gasteiger partial charge >= 0.3 is 0 Å². The molecule has 6 heteroatoms. The van der Waals surface area contributed by atoms with Gasteiger partial charge in [-0.05, 0) is 44.8 Å². The molecule has 142 valence electrons. The molecule has 0 aliphatic carbocycles. The first-order valence-electron chi connectivity index (χ1n) is 9.53. The van der Waals surface area contributed by atoms with Gasteiger partial charge in [-0.3, -0.25) is 4.79 Å². The second kappa shape index (κ2) is 10.5. The van der Waals surface area contributed by atoms with E-state index in [0.717, 1.165) is 51.7 Å². The Hall–Kier alpha value is -0.460. The minimum Gasteiger partial charge on any atom is -0.304 e. The maximum atomic E-state index is 12.6. The normalized spacial score (nSPS) is 22.4. The molecule has 1 unspecified atom stereocenters. The second-order valence-electron chi connectivity index (χ2n) is 7.04. The van der Waals surface area contributed by atoms with E-state index in [0.29, 0.717) is 19.5 Å². The maximum absolute atomic E-state index is 12.6. The Morgan fingerprint density at radius 3 is 2.29 bits per heavy atom. The fraction of sp³-hybridized carbons (Fsp3) is 0.944. The zero-order valence-electron chi connectivity index (χ0n) is 16.0. The standard InChI is InChI=1S/C18H36N2O3S/c1-5-11-16-14-20(24(4,22)23)15-17(16)18(21)12-9-8-10-13-19(6-2)7-3/h16-17H,5-15H2,1-4H3/t16-,17?/m0/s1. The highest BCUT2D eigenvalue weighted by molar-refractivity contribution is 7.88. The van der Waals surface area contributed by atoms with Gasteiger partial charge in [-0.1, -0.05) is 33.6 Å². The Morgan fingerprint density at radius 1 is 1.08 bits per heavy atom. The Kier molecular flexibility index (Phi) is 9.45. The molecule has 0 spiro atoms. The Balaban J connectivity index is 2.41. The first-order valence-corrected chi connectivity index (χ1v) is 11.4. The van der Waals surface area contributed by atoms with Gasteiger partial charge in [-0.2, -0.15) is 0 Å². The third-order valence-electron chi connectivity index (χ3n) is 5.24. The summed E-state index contributed by atoms with van der Waals surface area (Å²) in [4.78, 5) is 15.0. The number of Topliss-reactive ketones (excluding diaryl/α,β-unsaturated/α-hetero) is 1. The second-order valence-corrected chi connectivity index (χ2v) is 9.02. The Bertz CT molecular complexity index is 475. The molecule has 0 aromatic rings. The van der Waals surface area contributed by atoms with E-state index in [-0.39, 0.29) is 17.6 Å². The highest BCUT2D eigenvalue weighted by Crippen LogP contribution is 2.30. The van der Waals surface area contributed by atoms with Crippen LogP contribution in [0, 0.1) is 11.8 Å². The number of sulfonamides is 1. The van der Waals surface area contributed by atoms with Gasteiger partial charge in [0.05, 0.1) is 6.26 Å². The summed E-state index contributed by atoms with van der Waals surface area (Å²) < 4.78 is 25.1. The number of carbonyl (C=O) groups excluding carboxylic acids is 1. The molecular formula is C18H36N2O3S. The van der Waals surface area contributed by atoms with E-state index in [9.17, 15) is 13.2 Å². The van der Waals surface area contributed by atoms with Crippen molar-refractivity contribution in [3.8, 4) is 0 Å². The van der Waals surface area contributed by atoms with Gasteiger partial charge in [0.25, 0.3) is 0 Å². The monoisotopic (exact) mass is 360 g/mol. The third kappa shape index (κ3) is 6.81. The SMILES string of the molecule is CCC[C@H]1CN(S(C)(=O)=O)CC1C(=O)CCCCCN(CC)CC. The van der Waals surface area contributed by atoms with E-state index < -0.39 is 10.0 Å². The molecule has 1 fully saturated rings. The average Bonchev–Trinajstić information content (AvgIpc) is 2.95. The number of ketones is 1. The summed E-state index contributed by atoms with van der Waals surface area (Å²) >= 11 is 0. The van der Waals surface area contributed by atoms with Crippen LogP contribution in [0.25, 0.3) is 0 Å². The van der Waals surface area contributed by atoms with Gasteiger partial charge < -0.3 is 4.90 Å². The average molecular weight is 361 g/mol. The molecule has 0 aromatic carbocycles. The van der Waals surface area contributed by atoms with Crippen molar-refractivity contribution in [1.82, 2.24) is 9.21 Å². The maximum Gasteiger partial charge on any atom is 0.211 e. The molecule has 1 saturated heterocycles. The summed E-state index contributed by atoms with van der Waals surface area (Å²) in [5.41, 5.74) is 0. The van der Waals surface area contributed by atoms with Crippen LogP contribution in [0.4, 0.5) is 0 Å². The minimum atomic E-state index is -3.19. The number of hydrogen-bond donors (Lipinski definition) is 0. The predicted molar refractivity (Wildman–Crippen MR) is 99.6 cm³/mol. The summed E-state index contributed by atoms with van der Waals surface area (Å²) in [6, 6.07) is 0. The number of unbranched alkanes of at least 4 members (excludes halogenated alkanes) is 2. The highest BCUT2D eigenvalue weighted by Gasteiger charge is 2.39. The summed E-state index contributed by atoms with van der Waals surface area (Å²) in [6.45, 7) is 10.6. The van der Waals surface area contributed by atoms with E-state index in [1.165, 1.54) is 10.6 Å². The molecule has 1 rings (SSSR count). The smallest absolute Gasteiger partial charge is 0.211 e. The van der Waals surface area contributed by atoms with Gasteiger partial charge in [0.2, 0.25) is 10.0 Å². The van der Waals surface area contributed by atoms with Crippen LogP contribution < -0.4 is 0 Å². The van der Waals surface area contributed by atoms with Crippen molar-refractivity contribution in [2.75, 3.05) is 39.0 Å². The molecule has 0 saturated carbocycles. The van der Waals surface area contributed by atoms with E-state index in [4.69, 9.17) is 0 Å². The molecule has 1 aliphatic rings. The van der Waals surface area contributed by atoms with E-state index in [1.807, 2.05) is 0 Å². The third-order valence-corrected chi connectivity index (χ3v) is 6.48. The first-order chi connectivity index (χ1) is 11.3. The number of hydrogen-bond acceptors (Lipinski definition) is 4. The molecule has 24 heavy (non-hydrogen) atoms. The lowest BCUT2D eigenvalue weighted by Gasteiger charge is -2.18. The van der Waals surface area contributed by atoms with Crippen molar-refractivity contribution < 1.29 is 13.2 Å². The first kappa shape index (κ1) is 21.6. The van der Waals surface area contributed by atoms with Crippen LogP contribution in [0.15, 0.2) is 0 Å². The molecule has 0 radical (unpaired) electrons. The lowest BCUT2D eigenvalue weighted by Crippen LogP contribution is -2.28. The molecule has 0 N–H and O–H groups in total. The molecule has 5 nitrogen and oxygen atoms in total. The molecule has 0 aromatic heterocycles. The molecular weight excluding hydrogens is 324 g/mol. The van der Waals surface area contributed by atoms with Crippen LogP contribution in [0.1, 0.15) is 59.3 Å². The van der Waals surface area contributed by atoms with Crippen molar-refractivity contribution in [3.63, 3.8) is 0 Å². The summed E-state index contributed by atoms with van der Waals surface area (Å²) in [5.74, 6) is 0.373. The van der Waals surface area contributed by atoms with Crippen LogP contribution in [-0.4, -0.2) is 62.4 Å². The van der Waals surface area contributed by atoms with Crippen molar-refractivity contribution in [2.24, 2.45) is 11.8 Å².